The molecule has 0 aliphatic carbocycles. The molecule has 0 saturated carbocycles. The summed E-state index contributed by atoms with van der Waals surface area (Å²) in [4.78, 5) is 25.4. The molecule has 2 aromatic carbocycles. The summed E-state index contributed by atoms with van der Waals surface area (Å²) < 4.78 is 5.92. The molecule has 0 aromatic heterocycles. The number of rotatable bonds is 14. The largest absolute Gasteiger partial charge is 0.493 e. The highest BCUT2D eigenvalue weighted by Crippen LogP contribution is 2.21. The van der Waals surface area contributed by atoms with E-state index >= 15 is 0 Å². The Hall–Kier alpha value is -2.86. The average Bonchev–Trinajstić information content (AvgIpc) is 2.85. The monoisotopic (exact) mass is 467 g/mol. The van der Waals surface area contributed by atoms with Gasteiger partial charge in [0.2, 0.25) is 11.8 Å². The van der Waals surface area contributed by atoms with Gasteiger partial charge in [0.1, 0.15) is 5.75 Å². The van der Waals surface area contributed by atoms with Gasteiger partial charge < -0.3 is 21.1 Å². The van der Waals surface area contributed by atoms with Gasteiger partial charge in [-0.25, -0.2) is 0 Å². The van der Waals surface area contributed by atoms with Gasteiger partial charge in [-0.15, -0.1) is 0 Å². The molecule has 0 aliphatic heterocycles. The van der Waals surface area contributed by atoms with Gasteiger partial charge in [0.05, 0.1) is 24.6 Å². The maximum absolute atomic E-state index is 13.0. The molecule has 0 aliphatic rings. The Morgan fingerprint density at radius 3 is 2.15 bits per heavy atom. The van der Waals surface area contributed by atoms with Crippen LogP contribution in [-0.4, -0.2) is 31.0 Å². The zero-order valence-corrected chi connectivity index (χ0v) is 21.1. The molecule has 2 rings (SSSR count). The molecule has 6 nitrogen and oxygen atoms in total. The van der Waals surface area contributed by atoms with Crippen molar-refractivity contribution in [2.45, 2.75) is 71.4 Å². The summed E-state index contributed by atoms with van der Waals surface area (Å²) in [5.74, 6) is 0.672. The van der Waals surface area contributed by atoms with Gasteiger partial charge in [0, 0.05) is 6.54 Å². The summed E-state index contributed by atoms with van der Waals surface area (Å²) in [6, 6.07) is 16.4. The highest BCUT2D eigenvalue weighted by molar-refractivity contribution is 5.84. The molecular formula is C28H41N3O3. The number of benzene rings is 2. The van der Waals surface area contributed by atoms with Crippen molar-refractivity contribution in [2.24, 2.45) is 11.7 Å². The van der Waals surface area contributed by atoms with E-state index in [0.717, 1.165) is 36.1 Å². The van der Waals surface area contributed by atoms with Crippen LogP contribution in [0.4, 0.5) is 0 Å². The Balaban J connectivity index is 2.11. The SMILES string of the molecule is CCCC(C)COc1ccc([C@H](CNC(=O)[C@H](N)CCC)NC(=O)[C@@H](C)c2ccccc2)cc1. The Morgan fingerprint density at radius 1 is 0.882 bits per heavy atom. The molecule has 2 aromatic rings. The van der Waals surface area contributed by atoms with Crippen LogP contribution in [0.15, 0.2) is 54.6 Å². The minimum absolute atomic E-state index is 0.1000. The Bertz CT molecular complexity index is 870. The highest BCUT2D eigenvalue weighted by atomic mass is 16.5. The Labute approximate surface area is 204 Å². The second-order valence-corrected chi connectivity index (χ2v) is 9.11. The van der Waals surface area contributed by atoms with Crippen LogP contribution in [0.25, 0.3) is 0 Å². The minimum Gasteiger partial charge on any atom is -0.493 e. The van der Waals surface area contributed by atoms with Crippen molar-refractivity contribution in [3.63, 3.8) is 0 Å². The number of hydrogen-bond donors (Lipinski definition) is 3. The van der Waals surface area contributed by atoms with Gasteiger partial charge in [0.25, 0.3) is 0 Å². The zero-order valence-electron chi connectivity index (χ0n) is 21.1. The molecule has 2 amide bonds. The van der Waals surface area contributed by atoms with Gasteiger partial charge in [-0.05, 0) is 48.9 Å². The first-order valence-electron chi connectivity index (χ1n) is 12.5. The quantitative estimate of drug-likeness (QED) is 0.375. The minimum atomic E-state index is -0.550. The second kappa shape index (κ2) is 14.4. The molecule has 4 atom stereocenters. The zero-order chi connectivity index (χ0) is 24.9. The van der Waals surface area contributed by atoms with Crippen molar-refractivity contribution in [2.75, 3.05) is 13.2 Å². The van der Waals surface area contributed by atoms with Gasteiger partial charge >= 0.3 is 0 Å². The number of amides is 2. The molecule has 0 heterocycles. The lowest BCUT2D eigenvalue weighted by Crippen LogP contribution is -2.45. The fourth-order valence-electron chi connectivity index (χ4n) is 3.83. The summed E-state index contributed by atoms with van der Waals surface area (Å²) in [5, 5.41) is 6.02. The molecule has 0 saturated heterocycles. The van der Waals surface area contributed by atoms with Gasteiger partial charge in [0.15, 0.2) is 0 Å². The van der Waals surface area contributed by atoms with E-state index in [1.807, 2.05) is 68.4 Å². The predicted molar refractivity (Wildman–Crippen MR) is 138 cm³/mol. The predicted octanol–water partition coefficient (Wildman–Crippen LogP) is 4.71. The lowest BCUT2D eigenvalue weighted by atomic mass is 9.99. The highest BCUT2D eigenvalue weighted by Gasteiger charge is 2.22. The maximum Gasteiger partial charge on any atom is 0.236 e. The topological polar surface area (TPSA) is 93.4 Å². The standard InChI is InChI=1S/C28H41N3O3/c1-5-10-20(3)19-34-24-16-14-23(15-17-24)26(18-30-28(33)25(29)11-6-2)31-27(32)21(4)22-12-8-7-9-13-22/h7-9,12-17,20-21,25-26H,5-6,10-11,18-19,29H2,1-4H3,(H,30,33)(H,31,32)/t20?,21-,25+,26-/m0/s1. The third-order valence-electron chi connectivity index (χ3n) is 6.02. The number of nitrogens with one attached hydrogen (secondary N) is 2. The molecule has 1 unspecified atom stereocenters. The van der Waals surface area contributed by atoms with Crippen molar-refractivity contribution in [1.82, 2.24) is 10.6 Å². The number of carbonyl (C=O) groups excluding carboxylic acids is 2. The third kappa shape index (κ3) is 8.82. The van der Waals surface area contributed by atoms with Crippen molar-refractivity contribution in [3.05, 3.63) is 65.7 Å². The van der Waals surface area contributed by atoms with Crippen molar-refractivity contribution in [1.29, 1.82) is 0 Å². The first-order valence-corrected chi connectivity index (χ1v) is 12.5. The van der Waals surface area contributed by atoms with Crippen LogP contribution in [0, 0.1) is 5.92 Å². The van der Waals surface area contributed by atoms with Crippen LogP contribution in [-0.2, 0) is 9.59 Å². The summed E-state index contributed by atoms with van der Waals surface area (Å²) in [6.07, 6.45) is 3.73. The Kier molecular flexibility index (Phi) is 11.6. The molecule has 0 spiro atoms. The van der Waals surface area contributed by atoms with Crippen LogP contribution in [0.1, 0.15) is 76.5 Å². The van der Waals surface area contributed by atoms with Gasteiger partial charge in [-0.3, -0.25) is 9.59 Å². The van der Waals surface area contributed by atoms with E-state index in [0.29, 0.717) is 18.9 Å². The van der Waals surface area contributed by atoms with Crippen molar-refractivity contribution in [3.8, 4) is 5.75 Å². The van der Waals surface area contributed by atoms with E-state index in [2.05, 4.69) is 24.5 Å². The summed E-state index contributed by atoms with van der Waals surface area (Å²) in [6.45, 7) is 9.17. The van der Waals surface area contributed by atoms with E-state index < -0.39 is 6.04 Å². The molecule has 0 radical (unpaired) electrons. The molecule has 34 heavy (non-hydrogen) atoms. The lowest BCUT2D eigenvalue weighted by molar-refractivity contribution is -0.125. The molecule has 4 N–H and O–H groups in total. The van der Waals surface area contributed by atoms with Crippen LogP contribution < -0.4 is 21.1 Å². The number of ether oxygens (including phenoxy) is 1. The lowest BCUT2D eigenvalue weighted by Gasteiger charge is -2.23. The maximum atomic E-state index is 13.0. The van der Waals surface area contributed by atoms with Crippen LogP contribution in [0.2, 0.25) is 0 Å². The Morgan fingerprint density at radius 2 is 1.53 bits per heavy atom. The first kappa shape index (κ1) is 27.4. The molecule has 0 fully saturated rings. The fourth-order valence-corrected chi connectivity index (χ4v) is 3.83. The summed E-state index contributed by atoms with van der Waals surface area (Å²) in [7, 11) is 0. The van der Waals surface area contributed by atoms with Crippen molar-refractivity contribution < 1.29 is 14.3 Å². The average molecular weight is 468 g/mol. The van der Waals surface area contributed by atoms with E-state index in [-0.39, 0.29) is 30.3 Å². The molecule has 6 heteroatoms. The normalized spacial score (nSPS) is 14.5. The number of hydrogen-bond acceptors (Lipinski definition) is 4. The first-order chi connectivity index (χ1) is 16.3. The van der Waals surface area contributed by atoms with Crippen LogP contribution in [0.3, 0.4) is 0 Å². The molecular weight excluding hydrogens is 426 g/mol. The smallest absolute Gasteiger partial charge is 0.236 e. The van der Waals surface area contributed by atoms with E-state index in [1.54, 1.807) is 0 Å². The summed E-state index contributed by atoms with van der Waals surface area (Å²) in [5.41, 5.74) is 7.80. The molecule has 186 valence electrons. The number of nitrogens with two attached hydrogens (primary N) is 1. The molecule has 0 bridgehead atoms. The van der Waals surface area contributed by atoms with Crippen LogP contribution >= 0.6 is 0 Å². The van der Waals surface area contributed by atoms with E-state index in [9.17, 15) is 9.59 Å². The number of carbonyl (C=O) groups is 2. The fraction of sp³-hybridized carbons (Fsp3) is 0.500. The van der Waals surface area contributed by atoms with E-state index in [1.165, 1.54) is 0 Å². The van der Waals surface area contributed by atoms with Gasteiger partial charge in [-0.1, -0.05) is 76.1 Å². The van der Waals surface area contributed by atoms with Gasteiger partial charge in [-0.2, -0.15) is 0 Å². The van der Waals surface area contributed by atoms with E-state index in [4.69, 9.17) is 10.5 Å². The second-order valence-electron chi connectivity index (χ2n) is 9.11. The van der Waals surface area contributed by atoms with Crippen LogP contribution in [0.5, 0.6) is 5.75 Å². The third-order valence-corrected chi connectivity index (χ3v) is 6.02. The van der Waals surface area contributed by atoms with Crippen molar-refractivity contribution >= 4 is 11.8 Å². The summed E-state index contributed by atoms with van der Waals surface area (Å²) >= 11 is 0.